The molecule has 2 heterocycles. The third kappa shape index (κ3) is 3.44. The van der Waals surface area contributed by atoms with Gasteiger partial charge in [0, 0.05) is 26.2 Å². The molecule has 0 bridgehead atoms. The molecule has 3 amide bonds. The third-order valence-corrected chi connectivity index (χ3v) is 4.15. The third-order valence-electron chi connectivity index (χ3n) is 4.15. The van der Waals surface area contributed by atoms with Crippen molar-refractivity contribution in [1.29, 1.82) is 0 Å². The lowest BCUT2D eigenvalue weighted by atomic mass is 9.89. The highest BCUT2D eigenvalue weighted by atomic mass is 16.5. The van der Waals surface area contributed by atoms with E-state index in [0.29, 0.717) is 32.7 Å². The fraction of sp³-hybridized carbons (Fsp3) is 0.769. The van der Waals surface area contributed by atoms with E-state index in [1.807, 2.05) is 0 Å². The molecular weight excluding hydrogens is 278 g/mol. The van der Waals surface area contributed by atoms with Crippen molar-refractivity contribution < 1.29 is 24.2 Å². The second-order valence-corrected chi connectivity index (χ2v) is 5.92. The standard InChI is InChI=1S/C13H21N3O5/c1-13(11(14)19)2-3-16(8-13)12(20)15-4-5-21-9(7-15)6-10(17)18/h9H,2-8H2,1H3,(H2,14,19)(H,17,18). The summed E-state index contributed by atoms with van der Waals surface area (Å²) >= 11 is 0. The summed E-state index contributed by atoms with van der Waals surface area (Å²) in [5, 5.41) is 8.79. The molecule has 2 aliphatic heterocycles. The van der Waals surface area contributed by atoms with Gasteiger partial charge in [-0.3, -0.25) is 9.59 Å². The molecule has 21 heavy (non-hydrogen) atoms. The second-order valence-electron chi connectivity index (χ2n) is 5.92. The van der Waals surface area contributed by atoms with E-state index in [4.69, 9.17) is 15.6 Å². The van der Waals surface area contributed by atoms with Crippen LogP contribution in [0.1, 0.15) is 19.8 Å². The topological polar surface area (TPSA) is 113 Å². The molecule has 2 aliphatic rings. The number of carboxylic acids is 1. The molecule has 2 rings (SSSR count). The number of carbonyl (C=O) groups is 3. The lowest BCUT2D eigenvalue weighted by Crippen LogP contribution is -2.51. The molecule has 2 atom stereocenters. The van der Waals surface area contributed by atoms with E-state index in [9.17, 15) is 14.4 Å². The number of ether oxygens (including phenoxy) is 1. The smallest absolute Gasteiger partial charge is 0.320 e. The molecule has 2 unspecified atom stereocenters. The molecule has 0 aromatic rings. The Morgan fingerprint density at radius 3 is 2.62 bits per heavy atom. The average Bonchev–Trinajstić information content (AvgIpc) is 2.81. The fourth-order valence-corrected chi connectivity index (χ4v) is 2.74. The van der Waals surface area contributed by atoms with Crippen LogP contribution in [-0.4, -0.2) is 71.7 Å². The molecule has 8 nitrogen and oxygen atoms in total. The van der Waals surface area contributed by atoms with Crippen LogP contribution in [0.3, 0.4) is 0 Å². The van der Waals surface area contributed by atoms with Gasteiger partial charge in [0.2, 0.25) is 5.91 Å². The van der Waals surface area contributed by atoms with E-state index in [0.717, 1.165) is 0 Å². The Morgan fingerprint density at radius 1 is 1.33 bits per heavy atom. The number of urea groups is 1. The maximum atomic E-state index is 12.4. The van der Waals surface area contributed by atoms with Crippen molar-refractivity contribution in [3.05, 3.63) is 0 Å². The Labute approximate surface area is 122 Å². The number of hydrogen-bond acceptors (Lipinski definition) is 4. The van der Waals surface area contributed by atoms with E-state index in [2.05, 4.69) is 0 Å². The van der Waals surface area contributed by atoms with Crippen LogP contribution >= 0.6 is 0 Å². The van der Waals surface area contributed by atoms with Crippen LogP contribution in [0, 0.1) is 5.41 Å². The Hall–Kier alpha value is -1.83. The number of nitrogens with zero attached hydrogens (tertiary/aromatic N) is 2. The van der Waals surface area contributed by atoms with E-state index < -0.39 is 23.4 Å². The van der Waals surface area contributed by atoms with Gasteiger partial charge in [-0.05, 0) is 13.3 Å². The SMILES string of the molecule is CC1(C(N)=O)CCN(C(=O)N2CCOC(CC(=O)O)C2)C1. The molecule has 2 fully saturated rings. The quantitative estimate of drug-likeness (QED) is 0.728. The van der Waals surface area contributed by atoms with Crippen LogP contribution in [0.2, 0.25) is 0 Å². The van der Waals surface area contributed by atoms with Crippen LogP contribution in [0.25, 0.3) is 0 Å². The summed E-state index contributed by atoms with van der Waals surface area (Å²) in [6, 6.07) is -0.182. The van der Waals surface area contributed by atoms with Crippen molar-refractivity contribution in [1.82, 2.24) is 9.80 Å². The number of likely N-dealkylation sites (tertiary alicyclic amines) is 1. The number of amides is 3. The van der Waals surface area contributed by atoms with Gasteiger partial charge in [0.1, 0.15) is 0 Å². The summed E-state index contributed by atoms with van der Waals surface area (Å²) in [4.78, 5) is 37.8. The maximum absolute atomic E-state index is 12.4. The van der Waals surface area contributed by atoms with Gasteiger partial charge < -0.3 is 25.4 Å². The zero-order valence-electron chi connectivity index (χ0n) is 12.1. The number of aliphatic carboxylic acids is 1. The van der Waals surface area contributed by atoms with Crippen LogP contribution in [0.15, 0.2) is 0 Å². The van der Waals surface area contributed by atoms with Crippen LogP contribution in [0.4, 0.5) is 4.79 Å². The number of rotatable bonds is 3. The van der Waals surface area contributed by atoms with E-state index in [1.165, 1.54) is 0 Å². The van der Waals surface area contributed by atoms with Crippen molar-refractivity contribution >= 4 is 17.9 Å². The number of nitrogens with two attached hydrogens (primary N) is 1. The first-order valence-corrected chi connectivity index (χ1v) is 6.99. The predicted octanol–water partition coefficient (Wildman–Crippen LogP) is -0.521. The van der Waals surface area contributed by atoms with E-state index in [1.54, 1.807) is 16.7 Å². The highest BCUT2D eigenvalue weighted by molar-refractivity contribution is 5.83. The van der Waals surface area contributed by atoms with Gasteiger partial charge >= 0.3 is 12.0 Å². The number of primary amides is 1. The monoisotopic (exact) mass is 299 g/mol. The number of carbonyl (C=O) groups excluding carboxylic acids is 2. The molecule has 0 aromatic heterocycles. The van der Waals surface area contributed by atoms with Gasteiger partial charge in [-0.15, -0.1) is 0 Å². The van der Waals surface area contributed by atoms with E-state index >= 15 is 0 Å². The Bertz CT molecular complexity index is 455. The molecule has 8 heteroatoms. The summed E-state index contributed by atoms with van der Waals surface area (Å²) in [5.41, 5.74) is 4.70. The Morgan fingerprint density at radius 2 is 2.05 bits per heavy atom. The van der Waals surface area contributed by atoms with Crippen molar-refractivity contribution in [2.45, 2.75) is 25.9 Å². The first-order valence-electron chi connectivity index (χ1n) is 6.99. The number of morpholine rings is 1. The average molecular weight is 299 g/mol. The Kier molecular flexibility index (Phi) is 4.36. The molecular formula is C13H21N3O5. The highest BCUT2D eigenvalue weighted by Crippen LogP contribution is 2.30. The predicted molar refractivity (Wildman–Crippen MR) is 72.5 cm³/mol. The number of hydrogen-bond donors (Lipinski definition) is 2. The summed E-state index contributed by atoms with van der Waals surface area (Å²) in [6.07, 6.45) is -0.0509. The largest absolute Gasteiger partial charge is 0.481 e. The Balaban J connectivity index is 1.94. The van der Waals surface area contributed by atoms with Crippen molar-refractivity contribution in [2.24, 2.45) is 11.1 Å². The fourth-order valence-electron chi connectivity index (χ4n) is 2.74. The van der Waals surface area contributed by atoms with Gasteiger partial charge in [0.05, 0.1) is 24.5 Å². The molecule has 2 saturated heterocycles. The highest BCUT2D eigenvalue weighted by Gasteiger charge is 2.42. The molecule has 0 aromatic carbocycles. The van der Waals surface area contributed by atoms with Gasteiger partial charge in [0.15, 0.2) is 0 Å². The summed E-state index contributed by atoms with van der Waals surface area (Å²) < 4.78 is 5.34. The van der Waals surface area contributed by atoms with Crippen molar-refractivity contribution in [3.8, 4) is 0 Å². The summed E-state index contributed by atoms with van der Waals surface area (Å²) in [6.45, 7) is 3.56. The molecule has 0 radical (unpaired) electrons. The van der Waals surface area contributed by atoms with Crippen LogP contribution < -0.4 is 5.73 Å². The first-order chi connectivity index (χ1) is 9.82. The van der Waals surface area contributed by atoms with Crippen molar-refractivity contribution in [2.75, 3.05) is 32.8 Å². The van der Waals surface area contributed by atoms with Crippen LogP contribution in [0.5, 0.6) is 0 Å². The molecule has 0 saturated carbocycles. The zero-order chi connectivity index (χ0) is 15.6. The first kappa shape index (κ1) is 15.6. The van der Waals surface area contributed by atoms with Crippen LogP contribution in [-0.2, 0) is 14.3 Å². The van der Waals surface area contributed by atoms with Gasteiger partial charge in [0.25, 0.3) is 0 Å². The zero-order valence-corrected chi connectivity index (χ0v) is 12.1. The molecule has 0 spiro atoms. The van der Waals surface area contributed by atoms with Gasteiger partial charge in [-0.1, -0.05) is 0 Å². The molecule has 118 valence electrons. The molecule has 3 N–H and O–H groups in total. The minimum Gasteiger partial charge on any atom is -0.481 e. The molecule has 0 aliphatic carbocycles. The van der Waals surface area contributed by atoms with Gasteiger partial charge in [-0.2, -0.15) is 0 Å². The lowest BCUT2D eigenvalue weighted by molar-refractivity contribution is -0.141. The van der Waals surface area contributed by atoms with Gasteiger partial charge in [-0.25, -0.2) is 4.79 Å². The van der Waals surface area contributed by atoms with E-state index in [-0.39, 0.29) is 19.0 Å². The van der Waals surface area contributed by atoms with Crippen molar-refractivity contribution in [3.63, 3.8) is 0 Å². The summed E-state index contributed by atoms with van der Waals surface area (Å²) in [5.74, 6) is -1.35. The summed E-state index contributed by atoms with van der Waals surface area (Å²) in [7, 11) is 0. The minimum absolute atomic E-state index is 0.122. The maximum Gasteiger partial charge on any atom is 0.320 e. The minimum atomic E-state index is -0.947. The normalized spacial score (nSPS) is 29.5. The number of carboxylic acid groups (broad SMARTS) is 1. The lowest BCUT2D eigenvalue weighted by Gasteiger charge is -2.35. The second kappa shape index (κ2) is 5.88.